The van der Waals surface area contributed by atoms with Crippen LogP contribution in [0.5, 0.6) is 0 Å². The molecule has 1 heterocycles. The molecule has 1 saturated heterocycles. The van der Waals surface area contributed by atoms with Crippen LogP contribution >= 0.6 is 15.9 Å². The molecule has 2 saturated carbocycles. The number of ether oxygens (including phenoxy) is 2. The number of carbonyl (C=O) groups is 3. The molecule has 0 aromatic heterocycles. The monoisotopic (exact) mass is 423 g/mol. The van der Waals surface area contributed by atoms with Crippen LogP contribution in [0.2, 0.25) is 0 Å². The van der Waals surface area contributed by atoms with Crippen molar-refractivity contribution >= 4 is 39.3 Å². The van der Waals surface area contributed by atoms with Gasteiger partial charge in [-0.1, -0.05) is 15.9 Å². The standard InChI is InChI=1S/C17H14BrNO7/c18-14-9-5-10-13(17(22)26-15(10)14)12(9)16(21)25-6-11(20)7-1-3-8(4-2-7)19(23)24/h1-4,9-10,12-15H,5-6H2/t9-,10-,12-,13-,14+,15+/m1/s1. The summed E-state index contributed by atoms with van der Waals surface area (Å²) in [6, 6.07) is 5.07. The molecule has 1 aromatic rings. The maximum absolute atomic E-state index is 12.5. The summed E-state index contributed by atoms with van der Waals surface area (Å²) in [5.41, 5.74) is 0.0910. The minimum atomic E-state index is -0.597. The third kappa shape index (κ3) is 2.53. The second-order valence-corrected chi connectivity index (χ2v) is 7.85. The zero-order valence-electron chi connectivity index (χ0n) is 13.4. The Morgan fingerprint density at radius 1 is 1.27 bits per heavy atom. The molecule has 26 heavy (non-hydrogen) atoms. The number of esters is 2. The molecule has 2 bridgehead atoms. The van der Waals surface area contributed by atoms with E-state index in [2.05, 4.69) is 15.9 Å². The highest BCUT2D eigenvalue weighted by molar-refractivity contribution is 9.09. The number of nitro groups is 1. The predicted octanol–water partition coefficient (Wildman–Crippen LogP) is 1.89. The number of halogens is 1. The summed E-state index contributed by atoms with van der Waals surface area (Å²) in [7, 11) is 0. The molecule has 6 atom stereocenters. The Morgan fingerprint density at radius 3 is 2.62 bits per heavy atom. The number of fused-ring (bicyclic) bond motifs is 1. The second kappa shape index (κ2) is 6.15. The van der Waals surface area contributed by atoms with E-state index in [1.54, 1.807) is 0 Å². The average molecular weight is 424 g/mol. The van der Waals surface area contributed by atoms with Gasteiger partial charge in [-0.2, -0.15) is 0 Å². The largest absolute Gasteiger partial charge is 0.461 e. The summed E-state index contributed by atoms with van der Waals surface area (Å²) in [5, 5.41) is 10.6. The summed E-state index contributed by atoms with van der Waals surface area (Å²) in [5.74, 6) is -2.49. The van der Waals surface area contributed by atoms with Gasteiger partial charge in [0.1, 0.15) is 6.10 Å². The SMILES string of the molecule is O=C(COC(=O)[C@@H]1[C@H]2C[C@H]3[C@H](OC(=O)[C@H]31)[C@H]2Br)c1ccc([N+](=O)[O-])cc1. The number of benzene rings is 1. The van der Waals surface area contributed by atoms with Crippen molar-refractivity contribution in [2.24, 2.45) is 23.7 Å². The highest BCUT2D eigenvalue weighted by Crippen LogP contribution is 2.60. The van der Waals surface area contributed by atoms with Crippen LogP contribution in [0, 0.1) is 33.8 Å². The molecule has 4 rings (SSSR count). The lowest BCUT2D eigenvalue weighted by Gasteiger charge is -2.26. The third-order valence-corrected chi connectivity index (χ3v) is 6.74. The molecule has 9 heteroatoms. The van der Waals surface area contributed by atoms with Crippen LogP contribution in [-0.2, 0) is 19.1 Å². The van der Waals surface area contributed by atoms with E-state index in [1.807, 2.05) is 0 Å². The number of alkyl halides is 1. The van der Waals surface area contributed by atoms with Gasteiger partial charge in [0.05, 0.1) is 21.6 Å². The molecule has 0 radical (unpaired) electrons. The summed E-state index contributed by atoms with van der Waals surface area (Å²) >= 11 is 3.51. The Morgan fingerprint density at radius 2 is 1.96 bits per heavy atom. The lowest BCUT2D eigenvalue weighted by Crippen LogP contribution is -2.39. The summed E-state index contributed by atoms with van der Waals surface area (Å²) < 4.78 is 10.5. The van der Waals surface area contributed by atoms with Gasteiger partial charge in [-0.15, -0.1) is 0 Å². The van der Waals surface area contributed by atoms with E-state index in [0.717, 1.165) is 6.42 Å². The Balaban J connectivity index is 1.40. The molecular weight excluding hydrogens is 410 g/mol. The number of nitro benzene ring substituents is 1. The fraction of sp³-hybridized carbons (Fsp3) is 0.471. The van der Waals surface area contributed by atoms with Gasteiger partial charge in [0, 0.05) is 23.6 Å². The van der Waals surface area contributed by atoms with Gasteiger partial charge in [-0.25, -0.2) is 0 Å². The Kier molecular flexibility index (Phi) is 4.06. The molecule has 0 unspecified atom stereocenters. The highest BCUT2D eigenvalue weighted by Gasteiger charge is 2.68. The molecule has 3 fully saturated rings. The molecule has 2 aliphatic carbocycles. The van der Waals surface area contributed by atoms with Crippen molar-refractivity contribution in [3.8, 4) is 0 Å². The first-order valence-electron chi connectivity index (χ1n) is 8.17. The van der Waals surface area contributed by atoms with Crippen molar-refractivity contribution < 1.29 is 28.8 Å². The average Bonchev–Trinajstić information content (AvgIpc) is 3.23. The lowest BCUT2D eigenvalue weighted by molar-refractivity contribution is -0.384. The van der Waals surface area contributed by atoms with Crippen molar-refractivity contribution in [2.45, 2.75) is 17.4 Å². The van der Waals surface area contributed by atoms with Gasteiger partial charge in [-0.3, -0.25) is 24.5 Å². The maximum Gasteiger partial charge on any atom is 0.310 e. The smallest absolute Gasteiger partial charge is 0.310 e. The number of hydrogen-bond donors (Lipinski definition) is 0. The molecule has 1 aliphatic heterocycles. The van der Waals surface area contributed by atoms with Crippen LogP contribution in [0.3, 0.4) is 0 Å². The van der Waals surface area contributed by atoms with Gasteiger partial charge < -0.3 is 9.47 Å². The fourth-order valence-electron chi connectivity index (χ4n) is 4.38. The Hall–Kier alpha value is -2.29. The fourth-order valence-corrected chi connectivity index (χ4v) is 5.42. The zero-order valence-corrected chi connectivity index (χ0v) is 15.0. The zero-order chi connectivity index (χ0) is 18.6. The van der Waals surface area contributed by atoms with Gasteiger partial charge >= 0.3 is 11.9 Å². The van der Waals surface area contributed by atoms with Gasteiger partial charge in [-0.05, 0) is 24.5 Å². The number of ketones is 1. The molecule has 8 nitrogen and oxygen atoms in total. The van der Waals surface area contributed by atoms with E-state index >= 15 is 0 Å². The highest BCUT2D eigenvalue weighted by atomic mass is 79.9. The van der Waals surface area contributed by atoms with E-state index in [4.69, 9.17) is 9.47 Å². The number of nitrogens with zero attached hydrogens (tertiary/aromatic N) is 1. The minimum Gasteiger partial charge on any atom is -0.461 e. The number of Topliss-reactive ketones (excluding diaryl/α,β-unsaturated/α-hetero) is 1. The van der Waals surface area contributed by atoms with Gasteiger partial charge in [0.15, 0.2) is 12.4 Å². The molecule has 0 N–H and O–H groups in total. The first kappa shape index (κ1) is 17.1. The normalized spacial score (nSPS) is 33.8. The van der Waals surface area contributed by atoms with E-state index in [1.165, 1.54) is 24.3 Å². The number of non-ortho nitro benzene ring substituents is 1. The summed E-state index contributed by atoms with van der Waals surface area (Å²) in [6.45, 7) is -0.470. The Bertz CT molecular complexity index is 808. The van der Waals surface area contributed by atoms with Crippen LogP contribution in [0.15, 0.2) is 24.3 Å². The van der Waals surface area contributed by atoms with E-state index in [-0.39, 0.29) is 40.0 Å². The summed E-state index contributed by atoms with van der Waals surface area (Å²) in [4.78, 5) is 46.7. The van der Waals surface area contributed by atoms with Crippen LogP contribution in [-0.4, -0.2) is 40.2 Å². The van der Waals surface area contributed by atoms with Crippen molar-refractivity contribution in [1.29, 1.82) is 0 Å². The van der Waals surface area contributed by atoms with Crippen molar-refractivity contribution in [2.75, 3.05) is 6.61 Å². The molecule has 0 spiro atoms. The molecule has 136 valence electrons. The van der Waals surface area contributed by atoms with Crippen LogP contribution in [0.1, 0.15) is 16.8 Å². The topological polar surface area (TPSA) is 113 Å². The van der Waals surface area contributed by atoms with E-state index < -0.39 is 35.1 Å². The minimum absolute atomic E-state index is 0.0276. The Labute approximate surface area is 156 Å². The van der Waals surface area contributed by atoms with Crippen molar-refractivity contribution in [1.82, 2.24) is 0 Å². The van der Waals surface area contributed by atoms with Gasteiger partial charge in [0.25, 0.3) is 5.69 Å². The second-order valence-electron chi connectivity index (χ2n) is 6.80. The lowest BCUT2D eigenvalue weighted by atomic mass is 9.80. The van der Waals surface area contributed by atoms with Crippen molar-refractivity contribution in [3.63, 3.8) is 0 Å². The molecule has 3 aliphatic rings. The molecule has 0 amide bonds. The predicted molar refractivity (Wildman–Crippen MR) is 89.6 cm³/mol. The molecular formula is C17H14BrNO7. The van der Waals surface area contributed by atoms with E-state index in [0.29, 0.717) is 0 Å². The third-order valence-electron chi connectivity index (χ3n) is 5.54. The first-order valence-corrected chi connectivity index (χ1v) is 9.09. The van der Waals surface area contributed by atoms with Crippen LogP contribution < -0.4 is 0 Å². The quantitative estimate of drug-likeness (QED) is 0.233. The summed E-state index contributed by atoms with van der Waals surface area (Å²) in [6.07, 6.45) is 0.552. The first-order chi connectivity index (χ1) is 12.4. The van der Waals surface area contributed by atoms with Crippen molar-refractivity contribution in [3.05, 3.63) is 39.9 Å². The van der Waals surface area contributed by atoms with Gasteiger partial charge in [0.2, 0.25) is 0 Å². The van der Waals surface area contributed by atoms with Crippen LogP contribution in [0.4, 0.5) is 5.69 Å². The number of hydrogen-bond acceptors (Lipinski definition) is 7. The van der Waals surface area contributed by atoms with E-state index in [9.17, 15) is 24.5 Å². The van der Waals surface area contributed by atoms with Crippen LogP contribution in [0.25, 0.3) is 0 Å². The number of carbonyl (C=O) groups excluding carboxylic acids is 3. The number of rotatable bonds is 5. The maximum atomic E-state index is 12.5. The molecule has 1 aromatic carbocycles.